The molecule has 2 unspecified atom stereocenters. The molecule has 1 aliphatic heterocycles. The summed E-state index contributed by atoms with van der Waals surface area (Å²) in [6.45, 7) is 8.55. The van der Waals surface area contributed by atoms with Crippen molar-refractivity contribution in [3.63, 3.8) is 0 Å². The Morgan fingerprint density at radius 1 is 1.46 bits per heavy atom. The third kappa shape index (κ3) is 2.34. The average molecular weight is 185 g/mol. The van der Waals surface area contributed by atoms with Gasteiger partial charge in [0.05, 0.1) is 0 Å². The number of hydrogen-bond acceptors (Lipinski definition) is 2. The van der Waals surface area contributed by atoms with Crippen LogP contribution in [0, 0.1) is 0 Å². The van der Waals surface area contributed by atoms with Gasteiger partial charge in [0.2, 0.25) is 0 Å². The van der Waals surface area contributed by atoms with Crippen LogP contribution in [0.2, 0.25) is 0 Å². The van der Waals surface area contributed by atoms with Gasteiger partial charge >= 0.3 is 6.03 Å². The monoisotopic (exact) mass is 185 g/mol. The van der Waals surface area contributed by atoms with Crippen LogP contribution in [0.4, 0.5) is 4.79 Å². The Balaban J connectivity index is 2.57. The molecular weight excluding hydrogens is 166 g/mol. The molecule has 2 N–H and O–H groups in total. The molecule has 0 aliphatic carbocycles. The zero-order valence-electron chi connectivity index (χ0n) is 8.63. The van der Waals surface area contributed by atoms with Gasteiger partial charge in [-0.2, -0.15) is 0 Å². The molecule has 1 aliphatic rings. The fraction of sp³-hybridized carbons (Fsp3) is 0.889. The number of hydrogen-bond donors (Lipinski definition) is 2. The molecule has 1 heterocycles. The Morgan fingerprint density at radius 3 is 2.46 bits per heavy atom. The number of nitrogens with one attached hydrogen (secondary N) is 2. The minimum Gasteiger partial charge on any atom is -0.338 e. The van der Waals surface area contributed by atoms with Crippen molar-refractivity contribution in [1.82, 2.24) is 15.5 Å². The van der Waals surface area contributed by atoms with Gasteiger partial charge in [-0.25, -0.2) is 4.79 Å². The number of nitrogens with zero attached hydrogens (tertiary/aromatic N) is 1. The topological polar surface area (TPSA) is 44.4 Å². The molecule has 0 saturated carbocycles. The minimum absolute atomic E-state index is 0.0593. The van der Waals surface area contributed by atoms with Crippen LogP contribution in [0.15, 0.2) is 0 Å². The van der Waals surface area contributed by atoms with E-state index in [2.05, 4.69) is 24.5 Å². The zero-order valence-corrected chi connectivity index (χ0v) is 8.63. The number of piperazine rings is 1. The highest BCUT2D eigenvalue weighted by Gasteiger charge is 2.27. The van der Waals surface area contributed by atoms with Crippen molar-refractivity contribution in [3.8, 4) is 0 Å². The maximum absolute atomic E-state index is 11.6. The van der Waals surface area contributed by atoms with E-state index in [0.29, 0.717) is 6.54 Å². The van der Waals surface area contributed by atoms with Gasteiger partial charge in [0.15, 0.2) is 0 Å². The fourth-order valence-corrected chi connectivity index (χ4v) is 1.78. The molecule has 0 aromatic rings. The first-order valence-electron chi connectivity index (χ1n) is 4.93. The van der Waals surface area contributed by atoms with Gasteiger partial charge in [-0.05, 0) is 20.8 Å². The SMILES string of the molecule is CCNC(=O)N1C(C)CNCC1C. The van der Waals surface area contributed by atoms with Crippen LogP contribution in [-0.2, 0) is 0 Å². The second-order valence-corrected chi connectivity index (χ2v) is 3.60. The second kappa shape index (κ2) is 4.46. The third-order valence-corrected chi connectivity index (χ3v) is 2.39. The van der Waals surface area contributed by atoms with Gasteiger partial charge < -0.3 is 15.5 Å². The normalized spacial score (nSPS) is 28.7. The molecule has 0 aromatic heterocycles. The van der Waals surface area contributed by atoms with E-state index >= 15 is 0 Å². The van der Waals surface area contributed by atoms with Gasteiger partial charge in [0.1, 0.15) is 0 Å². The van der Waals surface area contributed by atoms with Crippen LogP contribution in [0.25, 0.3) is 0 Å². The largest absolute Gasteiger partial charge is 0.338 e. The second-order valence-electron chi connectivity index (χ2n) is 3.60. The first-order valence-corrected chi connectivity index (χ1v) is 4.93. The van der Waals surface area contributed by atoms with Crippen LogP contribution in [0.3, 0.4) is 0 Å². The van der Waals surface area contributed by atoms with E-state index in [1.807, 2.05) is 11.8 Å². The van der Waals surface area contributed by atoms with Gasteiger partial charge in [-0.15, -0.1) is 0 Å². The Hall–Kier alpha value is -0.770. The average Bonchev–Trinajstić information content (AvgIpc) is 2.04. The molecule has 76 valence electrons. The molecule has 2 amide bonds. The Labute approximate surface area is 79.7 Å². The predicted molar refractivity (Wildman–Crippen MR) is 52.7 cm³/mol. The summed E-state index contributed by atoms with van der Waals surface area (Å²) in [5, 5.41) is 6.12. The van der Waals surface area contributed by atoms with Crippen molar-refractivity contribution in [3.05, 3.63) is 0 Å². The van der Waals surface area contributed by atoms with E-state index in [9.17, 15) is 4.79 Å². The van der Waals surface area contributed by atoms with Crippen LogP contribution < -0.4 is 10.6 Å². The Morgan fingerprint density at radius 2 is 2.00 bits per heavy atom. The number of urea groups is 1. The van der Waals surface area contributed by atoms with Crippen LogP contribution in [-0.4, -0.2) is 42.6 Å². The van der Waals surface area contributed by atoms with E-state index in [-0.39, 0.29) is 18.1 Å². The summed E-state index contributed by atoms with van der Waals surface area (Å²) in [6.07, 6.45) is 0. The van der Waals surface area contributed by atoms with Crippen molar-refractivity contribution < 1.29 is 4.79 Å². The summed E-state index contributed by atoms with van der Waals surface area (Å²) in [4.78, 5) is 13.5. The van der Waals surface area contributed by atoms with Gasteiger partial charge in [0.25, 0.3) is 0 Å². The summed E-state index contributed by atoms with van der Waals surface area (Å²) in [7, 11) is 0. The number of amides is 2. The van der Waals surface area contributed by atoms with Gasteiger partial charge in [-0.1, -0.05) is 0 Å². The van der Waals surface area contributed by atoms with Crippen molar-refractivity contribution in [2.75, 3.05) is 19.6 Å². The van der Waals surface area contributed by atoms with E-state index in [4.69, 9.17) is 0 Å². The lowest BCUT2D eigenvalue weighted by Crippen LogP contribution is -2.59. The molecule has 13 heavy (non-hydrogen) atoms. The van der Waals surface area contributed by atoms with Crippen molar-refractivity contribution in [1.29, 1.82) is 0 Å². The quantitative estimate of drug-likeness (QED) is 0.621. The molecule has 0 bridgehead atoms. The molecule has 1 fully saturated rings. The van der Waals surface area contributed by atoms with Crippen LogP contribution >= 0.6 is 0 Å². The number of carbonyl (C=O) groups excluding carboxylic acids is 1. The van der Waals surface area contributed by atoms with Gasteiger partial charge in [0, 0.05) is 31.7 Å². The molecule has 0 radical (unpaired) electrons. The van der Waals surface area contributed by atoms with Crippen LogP contribution in [0.5, 0.6) is 0 Å². The lowest BCUT2D eigenvalue weighted by Gasteiger charge is -2.39. The van der Waals surface area contributed by atoms with Crippen LogP contribution in [0.1, 0.15) is 20.8 Å². The fourth-order valence-electron chi connectivity index (χ4n) is 1.78. The highest BCUT2D eigenvalue weighted by Crippen LogP contribution is 2.09. The maximum atomic E-state index is 11.6. The van der Waals surface area contributed by atoms with E-state index in [0.717, 1.165) is 13.1 Å². The highest BCUT2D eigenvalue weighted by molar-refractivity contribution is 5.75. The van der Waals surface area contributed by atoms with E-state index < -0.39 is 0 Å². The van der Waals surface area contributed by atoms with Crippen molar-refractivity contribution >= 4 is 6.03 Å². The summed E-state index contributed by atoms with van der Waals surface area (Å²) in [5.41, 5.74) is 0. The van der Waals surface area contributed by atoms with E-state index in [1.165, 1.54) is 0 Å². The highest BCUT2D eigenvalue weighted by atomic mass is 16.2. The predicted octanol–water partition coefficient (Wildman–Crippen LogP) is 0.398. The smallest absolute Gasteiger partial charge is 0.317 e. The summed E-state index contributed by atoms with van der Waals surface area (Å²) in [5.74, 6) is 0. The van der Waals surface area contributed by atoms with E-state index in [1.54, 1.807) is 0 Å². The molecule has 2 atom stereocenters. The summed E-state index contributed by atoms with van der Waals surface area (Å²) in [6, 6.07) is 0.634. The third-order valence-electron chi connectivity index (χ3n) is 2.39. The Bertz CT molecular complexity index is 174. The zero-order chi connectivity index (χ0) is 9.84. The minimum atomic E-state index is 0.0593. The number of rotatable bonds is 1. The summed E-state index contributed by atoms with van der Waals surface area (Å²) >= 11 is 0. The van der Waals surface area contributed by atoms with Crippen molar-refractivity contribution in [2.24, 2.45) is 0 Å². The molecule has 0 aromatic carbocycles. The lowest BCUT2D eigenvalue weighted by atomic mass is 10.1. The molecule has 1 rings (SSSR count). The first-order chi connectivity index (χ1) is 6.16. The molecular formula is C9H19N3O. The number of carbonyl (C=O) groups is 1. The van der Waals surface area contributed by atoms with Gasteiger partial charge in [-0.3, -0.25) is 0 Å². The summed E-state index contributed by atoms with van der Waals surface area (Å²) < 4.78 is 0. The first kappa shape index (κ1) is 10.3. The Kier molecular flexibility index (Phi) is 3.54. The molecule has 1 saturated heterocycles. The standard InChI is InChI=1S/C9H19N3O/c1-4-11-9(13)12-7(2)5-10-6-8(12)3/h7-8,10H,4-6H2,1-3H3,(H,11,13). The lowest BCUT2D eigenvalue weighted by molar-refractivity contribution is 0.132. The van der Waals surface area contributed by atoms with Crippen molar-refractivity contribution in [2.45, 2.75) is 32.9 Å². The maximum Gasteiger partial charge on any atom is 0.317 e. The molecule has 0 spiro atoms. The molecule has 4 nitrogen and oxygen atoms in total. The molecule has 4 heteroatoms.